The van der Waals surface area contributed by atoms with Gasteiger partial charge in [-0.15, -0.1) is 0 Å². The number of para-hydroxylation sites is 1. The van der Waals surface area contributed by atoms with Crippen molar-refractivity contribution in [1.29, 1.82) is 0 Å². The summed E-state index contributed by atoms with van der Waals surface area (Å²) in [7, 11) is 3.47. The normalized spacial score (nSPS) is 11.1. The van der Waals surface area contributed by atoms with Crippen LogP contribution in [0.15, 0.2) is 73.1 Å². The van der Waals surface area contributed by atoms with Crippen molar-refractivity contribution < 1.29 is 13.9 Å². The molecule has 3 aromatic carbocycles. The number of amides is 1. The highest BCUT2D eigenvalue weighted by molar-refractivity contribution is 6.07. The SMILES string of the molecule is COc1ccccc1-c1nc2cc(N)cc(C(=O)NCc3cnn(-c4ccc(F)cc4)c3)c2n1C. The fourth-order valence-electron chi connectivity index (χ4n) is 4.08. The second-order valence-corrected chi connectivity index (χ2v) is 8.08. The summed E-state index contributed by atoms with van der Waals surface area (Å²) in [5.74, 6) is 0.748. The van der Waals surface area contributed by atoms with Crippen LogP contribution in [0.5, 0.6) is 5.75 Å². The topological polar surface area (TPSA) is 100.0 Å². The van der Waals surface area contributed by atoms with Gasteiger partial charge < -0.3 is 20.4 Å². The van der Waals surface area contributed by atoms with E-state index in [1.807, 2.05) is 35.9 Å². The number of aromatic nitrogens is 4. The summed E-state index contributed by atoms with van der Waals surface area (Å²) in [4.78, 5) is 18.0. The Kier molecular flexibility index (Phi) is 5.66. The van der Waals surface area contributed by atoms with Gasteiger partial charge in [-0.3, -0.25) is 4.79 Å². The van der Waals surface area contributed by atoms with Crippen LogP contribution >= 0.6 is 0 Å². The first-order valence-electron chi connectivity index (χ1n) is 10.9. The van der Waals surface area contributed by atoms with Gasteiger partial charge in [0.2, 0.25) is 0 Å². The van der Waals surface area contributed by atoms with Crippen molar-refractivity contribution in [3.8, 4) is 22.8 Å². The molecule has 0 aliphatic rings. The van der Waals surface area contributed by atoms with Crippen molar-refractivity contribution >= 4 is 22.6 Å². The lowest BCUT2D eigenvalue weighted by Crippen LogP contribution is -2.23. The van der Waals surface area contributed by atoms with Gasteiger partial charge in [0, 0.05) is 31.0 Å². The molecule has 0 fully saturated rings. The fraction of sp³-hybridized carbons (Fsp3) is 0.115. The van der Waals surface area contributed by atoms with Crippen LogP contribution < -0.4 is 15.8 Å². The van der Waals surface area contributed by atoms with E-state index in [0.717, 1.165) is 16.8 Å². The van der Waals surface area contributed by atoms with Crippen LogP contribution in [0.3, 0.4) is 0 Å². The first-order chi connectivity index (χ1) is 16.9. The summed E-state index contributed by atoms with van der Waals surface area (Å²) in [6.07, 6.45) is 3.44. The number of nitrogens with two attached hydrogens (primary N) is 1. The molecule has 9 heteroatoms. The number of nitrogen functional groups attached to an aromatic ring is 1. The highest BCUT2D eigenvalue weighted by Crippen LogP contribution is 2.33. The van der Waals surface area contributed by atoms with Crippen molar-refractivity contribution in [1.82, 2.24) is 24.6 Å². The minimum Gasteiger partial charge on any atom is -0.496 e. The van der Waals surface area contributed by atoms with Crippen molar-refractivity contribution in [3.63, 3.8) is 0 Å². The molecule has 0 spiro atoms. The van der Waals surface area contributed by atoms with E-state index >= 15 is 0 Å². The minimum absolute atomic E-state index is 0.257. The molecule has 35 heavy (non-hydrogen) atoms. The van der Waals surface area contributed by atoms with Crippen LogP contribution in [-0.4, -0.2) is 32.3 Å². The van der Waals surface area contributed by atoms with Crippen LogP contribution in [0, 0.1) is 5.82 Å². The Bertz CT molecular complexity index is 1540. The van der Waals surface area contributed by atoms with E-state index in [-0.39, 0.29) is 18.3 Å². The maximum Gasteiger partial charge on any atom is 0.253 e. The molecule has 5 aromatic rings. The molecule has 2 heterocycles. The molecule has 0 aliphatic heterocycles. The molecule has 0 unspecified atom stereocenters. The summed E-state index contributed by atoms with van der Waals surface area (Å²) in [5.41, 5.74) is 10.6. The number of anilines is 1. The van der Waals surface area contributed by atoms with Crippen LogP contribution in [0.2, 0.25) is 0 Å². The number of rotatable bonds is 6. The summed E-state index contributed by atoms with van der Waals surface area (Å²) in [6, 6.07) is 17.0. The lowest BCUT2D eigenvalue weighted by Gasteiger charge is -2.10. The van der Waals surface area contributed by atoms with E-state index in [0.29, 0.717) is 33.9 Å². The number of halogens is 1. The standard InChI is InChI=1S/C26H23FN6O2/c1-32-24-21(11-18(28)12-22(24)31-25(32)20-5-3-4-6-23(20)35-2)26(34)29-13-16-14-30-33(15-16)19-9-7-17(27)8-10-19/h3-12,14-15H,13,28H2,1-2H3,(H,29,34). The Labute approximate surface area is 200 Å². The predicted molar refractivity (Wildman–Crippen MR) is 132 cm³/mol. The zero-order chi connectivity index (χ0) is 24.5. The molecule has 5 rings (SSSR count). The molecule has 0 atom stereocenters. The highest BCUT2D eigenvalue weighted by Gasteiger charge is 2.20. The number of nitrogens with zero attached hydrogens (tertiary/aromatic N) is 4. The van der Waals surface area contributed by atoms with E-state index in [4.69, 9.17) is 15.5 Å². The zero-order valence-corrected chi connectivity index (χ0v) is 19.2. The average molecular weight is 471 g/mol. The third-order valence-electron chi connectivity index (χ3n) is 5.76. The largest absolute Gasteiger partial charge is 0.496 e. The van der Waals surface area contributed by atoms with E-state index in [2.05, 4.69) is 10.4 Å². The van der Waals surface area contributed by atoms with Crippen LogP contribution in [0.25, 0.3) is 28.1 Å². The number of hydrogen-bond acceptors (Lipinski definition) is 5. The summed E-state index contributed by atoms with van der Waals surface area (Å²) < 4.78 is 22.2. The van der Waals surface area contributed by atoms with E-state index in [9.17, 15) is 9.18 Å². The number of ether oxygens (including phenoxy) is 1. The predicted octanol–water partition coefficient (Wildman–Crippen LogP) is 4.09. The Hall–Kier alpha value is -4.66. The van der Waals surface area contributed by atoms with E-state index in [1.54, 1.807) is 48.5 Å². The van der Waals surface area contributed by atoms with Gasteiger partial charge in [-0.2, -0.15) is 5.10 Å². The fourth-order valence-corrected chi connectivity index (χ4v) is 4.08. The first kappa shape index (κ1) is 22.1. The number of imidazole rings is 1. The van der Waals surface area contributed by atoms with Crippen molar-refractivity contribution in [2.75, 3.05) is 12.8 Å². The van der Waals surface area contributed by atoms with Gasteiger partial charge in [0.15, 0.2) is 0 Å². The molecular weight excluding hydrogens is 447 g/mol. The second kappa shape index (κ2) is 8.94. The maximum atomic E-state index is 13.2. The quantitative estimate of drug-likeness (QED) is 0.364. The number of nitrogens with one attached hydrogen (secondary N) is 1. The number of benzene rings is 3. The number of fused-ring (bicyclic) bond motifs is 1. The van der Waals surface area contributed by atoms with Crippen LogP contribution in [0.4, 0.5) is 10.1 Å². The molecule has 2 aromatic heterocycles. The lowest BCUT2D eigenvalue weighted by atomic mass is 10.1. The Morgan fingerprint density at radius 2 is 1.91 bits per heavy atom. The third kappa shape index (κ3) is 4.19. The molecule has 3 N–H and O–H groups in total. The highest BCUT2D eigenvalue weighted by atomic mass is 19.1. The smallest absolute Gasteiger partial charge is 0.253 e. The second-order valence-electron chi connectivity index (χ2n) is 8.08. The molecule has 0 bridgehead atoms. The molecule has 0 aliphatic carbocycles. The number of carbonyl (C=O) groups excluding carboxylic acids is 1. The molecule has 1 amide bonds. The third-order valence-corrected chi connectivity index (χ3v) is 5.76. The summed E-state index contributed by atoms with van der Waals surface area (Å²) >= 11 is 0. The molecular formula is C26H23FN6O2. The number of hydrogen-bond donors (Lipinski definition) is 2. The van der Waals surface area contributed by atoms with Crippen LogP contribution in [0.1, 0.15) is 15.9 Å². The van der Waals surface area contributed by atoms with E-state index in [1.165, 1.54) is 12.1 Å². The van der Waals surface area contributed by atoms with Gasteiger partial charge in [-0.25, -0.2) is 14.1 Å². The Morgan fingerprint density at radius 1 is 1.14 bits per heavy atom. The molecule has 8 nitrogen and oxygen atoms in total. The lowest BCUT2D eigenvalue weighted by molar-refractivity contribution is 0.0952. The Morgan fingerprint density at radius 3 is 2.69 bits per heavy atom. The molecule has 176 valence electrons. The first-order valence-corrected chi connectivity index (χ1v) is 10.9. The average Bonchev–Trinajstić information content (AvgIpc) is 3.47. The minimum atomic E-state index is -0.314. The van der Waals surface area contributed by atoms with Gasteiger partial charge in [0.1, 0.15) is 17.4 Å². The monoisotopic (exact) mass is 470 g/mol. The van der Waals surface area contributed by atoms with E-state index < -0.39 is 0 Å². The molecule has 0 radical (unpaired) electrons. The Balaban J connectivity index is 1.43. The van der Waals surface area contributed by atoms with Crippen LogP contribution in [-0.2, 0) is 13.6 Å². The number of methoxy groups -OCH3 is 1. The van der Waals surface area contributed by atoms with Gasteiger partial charge in [-0.1, -0.05) is 12.1 Å². The van der Waals surface area contributed by atoms with Crippen molar-refractivity contribution in [2.45, 2.75) is 6.54 Å². The summed E-state index contributed by atoms with van der Waals surface area (Å²) in [5, 5.41) is 7.23. The summed E-state index contributed by atoms with van der Waals surface area (Å²) in [6.45, 7) is 0.257. The van der Waals surface area contributed by atoms with Gasteiger partial charge >= 0.3 is 0 Å². The maximum absolute atomic E-state index is 13.2. The van der Waals surface area contributed by atoms with Gasteiger partial charge in [-0.05, 0) is 48.5 Å². The van der Waals surface area contributed by atoms with Gasteiger partial charge in [0.25, 0.3) is 5.91 Å². The van der Waals surface area contributed by atoms with Crippen molar-refractivity contribution in [3.05, 3.63) is 90.0 Å². The number of aryl methyl sites for hydroxylation is 1. The molecule has 0 saturated carbocycles. The van der Waals surface area contributed by atoms with Gasteiger partial charge in [0.05, 0.1) is 41.2 Å². The van der Waals surface area contributed by atoms with Crippen molar-refractivity contribution in [2.24, 2.45) is 7.05 Å². The number of carbonyl (C=O) groups is 1. The zero-order valence-electron chi connectivity index (χ0n) is 19.2. The molecule has 0 saturated heterocycles.